The molecule has 3 rings (SSSR count). The van der Waals surface area contributed by atoms with E-state index < -0.39 is 0 Å². The Morgan fingerprint density at radius 3 is 2.86 bits per heavy atom. The highest BCUT2D eigenvalue weighted by Gasteiger charge is 2.10. The first-order chi connectivity index (χ1) is 10.3. The number of hydrogen-bond donors (Lipinski definition) is 2. The third-order valence-electron chi connectivity index (χ3n) is 3.25. The Balaban J connectivity index is 1.98. The number of amides is 1. The van der Waals surface area contributed by atoms with E-state index in [0.29, 0.717) is 12.2 Å². The zero-order valence-electron chi connectivity index (χ0n) is 11.8. The highest BCUT2D eigenvalue weighted by Crippen LogP contribution is 2.25. The van der Waals surface area contributed by atoms with Gasteiger partial charge in [0, 0.05) is 17.4 Å². The zero-order chi connectivity index (χ0) is 14.7. The van der Waals surface area contributed by atoms with Gasteiger partial charge in [-0.05, 0) is 12.5 Å². The summed E-state index contributed by atoms with van der Waals surface area (Å²) in [5.74, 6) is 0.534. The van der Waals surface area contributed by atoms with Crippen LogP contribution >= 0.6 is 0 Å². The monoisotopic (exact) mass is 280 g/mol. The second kappa shape index (κ2) is 5.75. The number of H-pyrrole nitrogens is 1. The van der Waals surface area contributed by atoms with Crippen molar-refractivity contribution >= 4 is 22.6 Å². The van der Waals surface area contributed by atoms with Gasteiger partial charge in [-0.3, -0.25) is 14.9 Å². The molecule has 0 unspecified atom stereocenters. The summed E-state index contributed by atoms with van der Waals surface area (Å²) in [5, 5.41) is 10.7. The molecule has 0 fully saturated rings. The van der Waals surface area contributed by atoms with Gasteiger partial charge in [-0.1, -0.05) is 37.3 Å². The minimum Gasteiger partial charge on any atom is -0.309 e. The maximum absolute atomic E-state index is 11.7. The van der Waals surface area contributed by atoms with Gasteiger partial charge in [-0.15, -0.1) is 0 Å². The molecule has 21 heavy (non-hydrogen) atoms. The van der Waals surface area contributed by atoms with Crippen molar-refractivity contribution in [3.8, 4) is 11.3 Å². The molecule has 5 nitrogen and oxygen atoms in total. The summed E-state index contributed by atoms with van der Waals surface area (Å²) < 4.78 is 0. The van der Waals surface area contributed by atoms with Crippen LogP contribution in [0.2, 0.25) is 0 Å². The van der Waals surface area contributed by atoms with Gasteiger partial charge in [-0.2, -0.15) is 5.10 Å². The largest absolute Gasteiger partial charge is 0.309 e. The maximum atomic E-state index is 11.7. The molecule has 0 aliphatic rings. The quantitative estimate of drug-likeness (QED) is 0.769. The fourth-order valence-corrected chi connectivity index (χ4v) is 2.20. The molecule has 5 heteroatoms. The van der Waals surface area contributed by atoms with Crippen LogP contribution in [0.25, 0.3) is 22.2 Å². The molecule has 0 saturated heterocycles. The molecule has 1 aromatic carbocycles. The standard InChI is InChI=1S/C16H16N4O/c1-2-6-15(21)18-16-12-9-13(11-7-4-3-5-8-11)17-10-14(12)19-20-16/h3-5,7-10H,2,6H2,1H3,(H2,18,19,20,21). The number of benzene rings is 1. The lowest BCUT2D eigenvalue weighted by molar-refractivity contribution is -0.116. The SMILES string of the molecule is CCCC(=O)Nc1n[nH]c2cnc(-c3ccccc3)cc12. The molecular weight excluding hydrogens is 264 g/mol. The molecule has 0 aliphatic carbocycles. The smallest absolute Gasteiger partial charge is 0.225 e. The number of aromatic amines is 1. The molecule has 106 valence electrons. The minimum absolute atomic E-state index is 0.0241. The Morgan fingerprint density at radius 2 is 2.10 bits per heavy atom. The van der Waals surface area contributed by atoms with Crippen LogP contribution in [-0.2, 0) is 4.79 Å². The second-order valence-electron chi connectivity index (χ2n) is 4.85. The molecule has 1 amide bonds. The van der Waals surface area contributed by atoms with Gasteiger partial charge in [0.1, 0.15) is 0 Å². The number of hydrogen-bond acceptors (Lipinski definition) is 3. The van der Waals surface area contributed by atoms with Crippen molar-refractivity contribution in [3.63, 3.8) is 0 Å². The van der Waals surface area contributed by atoms with Crippen molar-refractivity contribution in [2.75, 3.05) is 5.32 Å². The van der Waals surface area contributed by atoms with Crippen molar-refractivity contribution in [2.24, 2.45) is 0 Å². The average molecular weight is 280 g/mol. The molecule has 0 aliphatic heterocycles. The lowest BCUT2D eigenvalue weighted by atomic mass is 10.1. The Kier molecular flexibility index (Phi) is 3.64. The van der Waals surface area contributed by atoms with E-state index in [1.54, 1.807) is 6.20 Å². The Hall–Kier alpha value is -2.69. The molecule has 0 radical (unpaired) electrons. The fourth-order valence-electron chi connectivity index (χ4n) is 2.20. The van der Waals surface area contributed by atoms with E-state index in [-0.39, 0.29) is 5.91 Å². The summed E-state index contributed by atoms with van der Waals surface area (Å²) in [6, 6.07) is 11.9. The molecule has 2 aromatic heterocycles. The van der Waals surface area contributed by atoms with Crippen molar-refractivity contribution in [1.82, 2.24) is 15.2 Å². The first kappa shape index (κ1) is 13.3. The molecule has 0 spiro atoms. The van der Waals surface area contributed by atoms with Crippen LogP contribution < -0.4 is 5.32 Å². The van der Waals surface area contributed by atoms with E-state index in [1.807, 2.05) is 43.3 Å². The summed E-state index contributed by atoms with van der Waals surface area (Å²) in [7, 11) is 0. The normalized spacial score (nSPS) is 10.7. The molecule has 2 N–H and O–H groups in total. The second-order valence-corrected chi connectivity index (χ2v) is 4.85. The third kappa shape index (κ3) is 2.76. The Bertz CT molecular complexity index is 764. The third-order valence-corrected chi connectivity index (χ3v) is 3.25. The molecular formula is C16H16N4O. The predicted molar refractivity (Wildman–Crippen MR) is 82.9 cm³/mol. The van der Waals surface area contributed by atoms with Crippen LogP contribution in [0.15, 0.2) is 42.6 Å². The number of carbonyl (C=O) groups is 1. The van der Waals surface area contributed by atoms with Gasteiger partial charge in [0.25, 0.3) is 0 Å². The number of carbonyl (C=O) groups excluding carboxylic acids is 1. The number of rotatable bonds is 4. The van der Waals surface area contributed by atoms with Crippen LogP contribution in [0.5, 0.6) is 0 Å². The van der Waals surface area contributed by atoms with Gasteiger partial charge < -0.3 is 5.32 Å². The number of pyridine rings is 1. The van der Waals surface area contributed by atoms with E-state index in [2.05, 4.69) is 20.5 Å². The molecule has 0 bridgehead atoms. The summed E-state index contributed by atoms with van der Waals surface area (Å²) in [4.78, 5) is 16.2. The lowest BCUT2D eigenvalue weighted by Crippen LogP contribution is -2.11. The minimum atomic E-state index is -0.0241. The highest BCUT2D eigenvalue weighted by molar-refractivity contribution is 6.00. The molecule has 0 atom stereocenters. The lowest BCUT2D eigenvalue weighted by Gasteiger charge is -2.03. The molecule has 0 saturated carbocycles. The van der Waals surface area contributed by atoms with Gasteiger partial charge in [0.15, 0.2) is 5.82 Å². The van der Waals surface area contributed by atoms with Crippen LogP contribution in [0.1, 0.15) is 19.8 Å². The summed E-state index contributed by atoms with van der Waals surface area (Å²) in [6.07, 6.45) is 3.04. The van der Waals surface area contributed by atoms with Crippen LogP contribution in [0.4, 0.5) is 5.82 Å². The van der Waals surface area contributed by atoms with Crippen LogP contribution in [0.3, 0.4) is 0 Å². The highest BCUT2D eigenvalue weighted by atomic mass is 16.1. The van der Waals surface area contributed by atoms with Gasteiger partial charge in [0.2, 0.25) is 5.91 Å². The van der Waals surface area contributed by atoms with Gasteiger partial charge in [0.05, 0.1) is 17.4 Å². The van der Waals surface area contributed by atoms with Crippen molar-refractivity contribution in [1.29, 1.82) is 0 Å². The van der Waals surface area contributed by atoms with Gasteiger partial charge in [-0.25, -0.2) is 0 Å². The van der Waals surface area contributed by atoms with Crippen LogP contribution in [0, 0.1) is 0 Å². The number of aromatic nitrogens is 3. The Morgan fingerprint density at radius 1 is 1.29 bits per heavy atom. The van der Waals surface area contributed by atoms with E-state index in [4.69, 9.17) is 0 Å². The number of nitrogens with zero attached hydrogens (tertiary/aromatic N) is 2. The maximum Gasteiger partial charge on any atom is 0.225 e. The predicted octanol–water partition coefficient (Wildman–Crippen LogP) is 3.36. The van der Waals surface area contributed by atoms with Crippen molar-refractivity contribution in [3.05, 3.63) is 42.6 Å². The van der Waals surface area contributed by atoms with Crippen molar-refractivity contribution < 1.29 is 4.79 Å². The Labute approximate surface area is 122 Å². The molecule has 2 heterocycles. The topological polar surface area (TPSA) is 70.7 Å². The first-order valence-corrected chi connectivity index (χ1v) is 6.97. The number of anilines is 1. The zero-order valence-corrected chi connectivity index (χ0v) is 11.8. The van der Waals surface area contributed by atoms with Crippen LogP contribution in [-0.4, -0.2) is 21.1 Å². The van der Waals surface area contributed by atoms with Gasteiger partial charge >= 0.3 is 0 Å². The summed E-state index contributed by atoms with van der Waals surface area (Å²) in [5.41, 5.74) is 2.70. The fraction of sp³-hybridized carbons (Fsp3) is 0.188. The van der Waals surface area contributed by atoms with E-state index in [0.717, 1.165) is 28.6 Å². The van der Waals surface area contributed by atoms with E-state index >= 15 is 0 Å². The number of nitrogens with one attached hydrogen (secondary N) is 2. The van der Waals surface area contributed by atoms with E-state index in [9.17, 15) is 4.79 Å². The molecule has 3 aromatic rings. The summed E-state index contributed by atoms with van der Waals surface area (Å²) >= 11 is 0. The average Bonchev–Trinajstić information content (AvgIpc) is 2.91. The first-order valence-electron chi connectivity index (χ1n) is 6.97. The van der Waals surface area contributed by atoms with Crippen molar-refractivity contribution in [2.45, 2.75) is 19.8 Å². The summed E-state index contributed by atoms with van der Waals surface area (Å²) in [6.45, 7) is 1.97. The van der Waals surface area contributed by atoms with E-state index in [1.165, 1.54) is 0 Å². The number of fused-ring (bicyclic) bond motifs is 1.